The maximum absolute atomic E-state index is 12.4. The van der Waals surface area contributed by atoms with Gasteiger partial charge in [-0.05, 0) is 24.6 Å². The summed E-state index contributed by atoms with van der Waals surface area (Å²) in [6.45, 7) is 7.49. The van der Waals surface area contributed by atoms with Crippen LogP contribution in [0.15, 0.2) is 41.4 Å². The zero-order valence-electron chi connectivity index (χ0n) is 16.7. The number of hydrogen-bond donors (Lipinski definition) is 2. The summed E-state index contributed by atoms with van der Waals surface area (Å²) in [7, 11) is 3.85. The van der Waals surface area contributed by atoms with Gasteiger partial charge in [-0.25, -0.2) is 0 Å². The molecule has 3 fully saturated rings. The van der Waals surface area contributed by atoms with E-state index in [0.717, 1.165) is 45.0 Å². The Morgan fingerprint density at radius 3 is 1.96 bits per heavy atom. The fourth-order valence-electron chi connectivity index (χ4n) is 3.32. The molecule has 3 saturated heterocycles. The number of ketones is 2. The maximum atomic E-state index is 12.4. The van der Waals surface area contributed by atoms with Crippen molar-refractivity contribution in [2.24, 2.45) is 0 Å². The normalized spacial score (nSPS) is 19.8. The number of benzene rings is 1. The van der Waals surface area contributed by atoms with Gasteiger partial charge in [-0.2, -0.15) is 0 Å². The zero-order valence-corrected chi connectivity index (χ0v) is 16.7. The first-order valence-electron chi connectivity index (χ1n) is 9.79. The molecule has 28 heavy (non-hydrogen) atoms. The second-order valence-corrected chi connectivity index (χ2v) is 7.41. The monoisotopic (exact) mass is 381 g/mol. The van der Waals surface area contributed by atoms with Crippen molar-refractivity contribution in [3.8, 4) is 0 Å². The second kappa shape index (κ2) is 7.22. The average molecular weight is 381 g/mol. The van der Waals surface area contributed by atoms with Gasteiger partial charge in [-0.15, -0.1) is 0 Å². The molecule has 0 unspecified atom stereocenters. The van der Waals surface area contributed by atoms with Crippen LogP contribution >= 0.6 is 0 Å². The highest BCUT2D eigenvalue weighted by molar-refractivity contribution is 6.22. The summed E-state index contributed by atoms with van der Waals surface area (Å²) < 4.78 is 0. The Hall–Kier alpha value is -2.96. The van der Waals surface area contributed by atoms with Crippen LogP contribution in [0.1, 0.15) is 5.56 Å². The Kier molecular flexibility index (Phi) is 4.75. The van der Waals surface area contributed by atoms with Gasteiger partial charge < -0.3 is 25.3 Å². The molecule has 7 heteroatoms. The Morgan fingerprint density at radius 1 is 0.821 bits per heavy atom. The van der Waals surface area contributed by atoms with Gasteiger partial charge >= 0.3 is 0 Å². The highest BCUT2D eigenvalue weighted by atomic mass is 16.1. The van der Waals surface area contributed by atoms with Crippen molar-refractivity contribution in [1.82, 2.24) is 14.7 Å². The number of Topliss-reactive ketones (excluding diaryl/α,β-unsaturated/α-hetero) is 1. The summed E-state index contributed by atoms with van der Waals surface area (Å²) >= 11 is 0. The van der Waals surface area contributed by atoms with Gasteiger partial charge in [0.25, 0.3) is 0 Å². The van der Waals surface area contributed by atoms with E-state index >= 15 is 0 Å². The Labute approximate surface area is 165 Å². The smallest absolute Gasteiger partial charge is 0.227 e. The fourth-order valence-corrected chi connectivity index (χ4v) is 3.32. The molecule has 0 saturated carbocycles. The number of nitrogens with one attached hydrogen (secondary N) is 2. The molecule has 0 radical (unpaired) electrons. The van der Waals surface area contributed by atoms with Crippen molar-refractivity contribution in [3.63, 3.8) is 0 Å². The van der Waals surface area contributed by atoms with Crippen LogP contribution in [0.2, 0.25) is 0 Å². The van der Waals surface area contributed by atoms with Crippen LogP contribution in [0.25, 0.3) is 0 Å². The van der Waals surface area contributed by atoms with Crippen LogP contribution in [0.5, 0.6) is 0 Å². The van der Waals surface area contributed by atoms with Gasteiger partial charge in [-0.3, -0.25) is 9.59 Å². The van der Waals surface area contributed by atoms with Crippen molar-refractivity contribution < 1.29 is 9.59 Å². The van der Waals surface area contributed by atoms with Crippen LogP contribution in [0, 0.1) is 6.92 Å². The van der Waals surface area contributed by atoms with Crippen LogP contribution in [0.3, 0.4) is 0 Å². The molecule has 0 spiro atoms. The first kappa shape index (κ1) is 18.4. The number of carbonyl (C=O) groups is 2. The van der Waals surface area contributed by atoms with Gasteiger partial charge in [-0.1, -0.05) is 6.07 Å². The molecular weight excluding hydrogens is 354 g/mol. The van der Waals surface area contributed by atoms with Crippen LogP contribution < -0.4 is 10.6 Å². The van der Waals surface area contributed by atoms with Gasteiger partial charge in [0.1, 0.15) is 11.4 Å². The molecule has 3 heterocycles. The van der Waals surface area contributed by atoms with E-state index in [1.165, 1.54) is 17.3 Å². The minimum atomic E-state index is 0.00546. The fraction of sp³-hybridized carbons (Fsp3) is 0.429. The molecule has 0 aromatic heterocycles. The molecule has 1 aromatic rings. The van der Waals surface area contributed by atoms with E-state index in [0.29, 0.717) is 17.1 Å². The lowest BCUT2D eigenvalue weighted by molar-refractivity contribution is -0.117. The Balaban J connectivity index is 0.000000153. The lowest BCUT2D eigenvalue weighted by Crippen LogP contribution is -2.29. The van der Waals surface area contributed by atoms with E-state index in [4.69, 9.17) is 0 Å². The van der Waals surface area contributed by atoms with E-state index in [2.05, 4.69) is 35.8 Å². The van der Waals surface area contributed by atoms with E-state index in [1.54, 1.807) is 0 Å². The topological polar surface area (TPSA) is 67.2 Å². The molecule has 1 aromatic carbocycles. The molecule has 0 bridgehead atoms. The number of hydrogen-bond acceptors (Lipinski definition) is 7. The number of rotatable bonds is 5. The molecule has 4 aliphatic rings. The van der Waals surface area contributed by atoms with Crippen LogP contribution in [-0.2, 0) is 9.59 Å². The van der Waals surface area contributed by atoms with Gasteiger partial charge in [0.15, 0.2) is 0 Å². The standard InChI is InChI=1S/C12H13N3O2.C9H14N2/c16-9-7-8(13-1-2-13)12(17)11(15-5-6-15)10(9)14-3-4-14;1-7-4-5-8(10-2)6-9(7)11-3/h7H,1-6H2;4-6,10-11H,1-3H3. The second-order valence-electron chi connectivity index (χ2n) is 7.41. The molecule has 148 valence electrons. The summed E-state index contributed by atoms with van der Waals surface area (Å²) in [5, 5.41) is 6.22. The number of anilines is 2. The molecule has 2 N–H and O–H groups in total. The van der Waals surface area contributed by atoms with E-state index in [9.17, 15) is 9.59 Å². The van der Waals surface area contributed by atoms with E-state index in [-0.39, 0.29) is 11.6 Å². The summed E-state index contributed by atoms with van der Waals surface area (Å²) in [5.74, 6) is 0.0485. The molecule has 7 nitrogen and oxygen atoms in total. The van der Waals surface area contributed by atoms with Crippen molar-refractivity contribution in [3.05, 3.63) is 46.9 Å². The Bertz CT molecular complexity index is 877. The lowest BCUT2D eigenvalue weighted by Gasteiger charge is -2.21. The molecular formula is C21H27N5O2. The summed E-state index contributed by atoms with van der Waals surface area (Å²) in [6, 6.07) is 6.25. The SMILES string of the molecule is CNc1ccc(C)c(NC)c1.O=C1C=C(N2CC2)C(=O)C(N2CC2)=C1N1CC1. The van der Waals surface area contributed by atoms with E-state index < -0.39 is 0 Å². The third-order valence-electron chi connectivity index (χ3n) is 5.28. The third-order valence-corrected chi connectivity index (χ3v) is 5.28. The number of carbonyl (C=O) groups excluding carboxylic acids is 2. The summed E-state index contributed by atoms with van der Waals surface area (Å²) in [5.41, 5.74) is 5.47. The van der Waals surface area contributed by atoms with Crippen LogP contribution in [-0.4, -0.2) is 79.6 Å². The highest BCUT2D eigenvalue weighted by Crippen LogP contribution is 2.33. The van der Waals surface area contributed by atoms with Gasteiger partial charge in [0.2, 0.25) is 11.6 Å². The lowest BCUT2D eigenvalue weighted by atomic mass is 10.0. The molecule has 0 atom stereocenters. The van der Waals surface area contributed by atoms with Crippen LogP contribution in [0.4, 0.5) is 11.4 Å². The first-order chi connectivity index (χ1) is 13.5. The minimum Gasteiger partial charge on any atom is -0.388 e. The zero-order chi connectivity index (χ0) is 19.8. The van der Waals surface area contributed by atoms with Gasteiger partial charge in [0.05, 0.1) is 5.70 Å². The molecule has 1 aliphatic carbocycles. The predicted octanol–water partition coefficient (Wildman–Crippen LogP) is 1.26. The largest absolute Gasteiger partial charge is 0.388 e. The number of nitrogens with zero attached hydrogens (tertiary/aromatic N) is 3. The third kappa shape index (κ3) is 3.69. The Morgan fingerprint density at radius 2 is 1.43 bits per heavy atom. The molecule has 0 amide bonds. The molecule has 3 aliphatic heterocycles. The van der Waals surface area contributed by atoms with Crippen molar-refractivity contribution in [2.45, 2.75) is 6.92 Å². The maximum Gasteiger partial charge on any atom is 0.227 e. The number of allylic oxidation sites excluding steroid dienone is 1. The van der Waals surface area contributed by atoms with Crippen molar-refractivity contribution >= 4 is 22.9 Å². The average Bonchev–Trinajstić information content (AvgIpc) is 3.56. The summed E-state index contributed by atoms with van der Waals surface area (Å²) in [4.78, 5) is 30.5. The van der Waals surface area contributed by atoms with Gasteiger partial charge in [0, 0.05) is 70.8 Å². The first-order valence-corrected chi connectivity index (χ1v) is 9.79. The molecule has 5 rings (SSSR count). The van der Waals surface area contributed by atoms with Crippen molar-refractivity contribution in [2.75, 3.05) is 64.0 Å². The number of aryl methyl sites for hydroxylation is 1. The van der Waals surface area contributed by atoms with Crippen molar-refractivity contribution in [1.29, 1.82) is 0 Å². The predicted molar refractivity (Wildman–Crippen MR) is 110 cm³/mol. The minimum absolute atomic E-state index is 0.00546. The quantitative estimate of drug-likeness (QED) is 0.588. The van der Waals surface area contributed by atoms with E-state index in [1.807, 2.05) is 28.8 Å². The highest BCUT2D eigenvalue weighted by Gasteiger charge is 2.43. The summed E-state index contributed by atoms with van der Waals surface area (Å²) in [6.07, 6.45) is 1.52.